The summed E-state index contributed by atoms with van der Waals surface area (Å²) >= 11 is 4.58. The third kappa shape index (κ3) is 1.73. The zero-order chi connectivity index (χ0) is 9.10. The quantitative estimate of drug-likeness (QED) is 0.766. The molecule has 0 amide bonds. The second-order valence-electron chi connectivity index (χ2n) is 2.38. The summed E-state index contributed by atoms with van der Waals surface area (Å²) in [5.41, 5.74) is 0. The molecule has 2 rings (SSSR count). The average Bonchev–Trinajstić information content (AvgIpc) is 2.62. The number of hydrogen-bond donors (Lipinski definition) is 0. The minimum atomic E-state index is 0.843. The molecule has 0 spiro atoms. The van der Waals surface area contributed by atoms with Crippen molar-refractivity contribution >= 4 is 37.5 Å². The molecular weight excluding hydrogens is 250 g/mol. The summed E-state index contributed by atoms with van der Waals surface area (Å²) in [7, 11) is 0. The molecule has 1 aromatic carbocycles. The molecule has 0 radical (unpaired) electrons. The van der Waals surface area contributed by atoms with E-state index in [1.807, 2.05) is 24.4 Å². The molecular formula is C9H6BrNOS. The van der Waals surface area contributed by atoms with E-state index in [-0.39, 0.29) is 0 Å². The largest absolute Gasteiger partial charge is 0.463 e. The van der Waals surface area contributed by atoms with Gasteiger partial charge in [-0.05, 0) is 17.6 Å². The predicted molar refractivity (Wildman–Crippen MR) is 58.3 cm³/mol. The van der Waals surface area contributed by atoms with E-state index in [1.165, 1.54) is 11.5 Å². The van der Waals surface area contributed by atoms with Crippen LogP contribution in [0.4, 0.5) is 0 Å². The fourth-order valence-corrected chi connectivity index (χ4v) is 1.87. The zero-order valence-electron chi connectivity index (χ0n) is 6.61. The number of fused-ring (bicyclic) bond motifs is 1. The number of halogens is 1. The number of rotatable bonds is 2. The molecule has 0 unspecified atom stereocenters. The second kappa shape index (κ2) is 3.89. The van der Waals surface area contributed by atoms with Gasteiger partial charge in [0.25, 0.3) is 0 Å². The Morgan fingerprint density at radius 1 is 1.46 bits per heavy atom. The van der Waals surface area contributed by atoms with Crippen LogP contribution in [0.15, 0.2) is 35.6 Å². The normalized spacial score (nSPS) is 11.2. The molecule has 0 aliphatic carbocycles. The zero-order valence-corrected chi connectivity index (χ0v) is 9.01. The number of ether oxygens (including phenoxy) is 1. The van der Waals surface area contributed by atoms with E-state index in [2.05, 4.69) is 20.3 Å². The molecule has 0 bridgehead atoms. The monoisotopic (exact) mass is 255 g/mol. The van der Waals surface area contributed by atoms with Gasteiger partial charge in [0.2, 0.25) is 0 Å². The number of nitrogens with zero attached hydrogens (tertiary/aromatic N) is 1. The van der Waals surface area contributed by atoms with Gasteiger partial charge in [-0.15, -0.1) is 0 Å². The standard InChI is InChI=1S/C9H6BrNOS/c10-4-5-12-8-3-1-2-7-6-11-13-9(7)8/h1-6H/b5-4+. The first kappa shape index (κ1) is 8.72. The van der Waals surface area contributed by atoms with E-state index < -0.39 is 0 Å². The summed E-state index contributed by atoms with van der Waals surface area (Å²) < 4.78 is 10.5. The van der Waals surface area contributed by atoms with Crippen LogP contribution in [0.2, 0.25) is 0 Å². The first-order chi connectivity index (χ1) is 6.42. The Balaban J connectivity index is 2.48. The van der Waals surface area contributed by atoms with Crippen molar-refractivity contribution in [2.45, 2.75) is 0 Å². The van der Waals surface area contributed by atoms with Crippen LogP contribution in [-0.2, 0) is 0 Å². The summed E-state index contributed by atoms with van der Waals surface area (Å²) in [5, 5.41) is 1.12. The molecule has 0 atom stereocenters. The lowest BCUT2D eigenvalue weighted by Crippen LogP contribution is -1.79. The van der Waals surface area contributed by atoms with Crippen LogP contribution in [0.3, 0.4) is 0 Å². The Kier molecular flexibility index (Phi) is 2.61. The minimum absolute atomic E-state index is 0.843. The van der Waals surface area contributed by atoms with Crippen molar-refractivity contribution in [3.63, 3.8) is 0 Å². The Morgan fingerprint density at radius 3 is 3.23 bits per heavy atom. The lowest BCUT2D eigenvalue weighted by atomic mass is 10.3. The first-order valence-corrected chi connectivity index (χ1v) is 5.36. The maximum atomic E-state index is 5.37. The molecule has 1 heterocycles. The third-order valence-electron chi connectivity index (χ3n) is 1.59. The lowest BCUT2D eigenvalue weighted by molar-refractivity contribution is 0.489. The van der Waals surface area contributed by atoms with E-state index in [0.29, 0.717) is 0 Å². The highest BCUT2D eigenvalue weighted by Crippen LogP contribution is 2.28. The maximum Gasteiger partial charge on any atom is 0.145 e. The van der Waals surface area contributed by atoms with Gasteiger partial charge < -0.3 is 4.74 Å². The van der Waals surface area contributed by atoms with Crippen molar-refractivity contribution in [2.24, 2.45) is 0 Å². The number of aromatic nitrogens is 1. The maximum absolute atomic E-state index is 5.37. The van der Waals surface area contributed by atoms with Crippen molar-refractivity contribution in [3.05, 3.63) is 35.6 Å². The van der Waals surface area contributed by atoms with E-state index in [1.54, 1.807) is 11.2 Å². The highest BCUT2D eigenvalue weighted by Gasteiger charge is 2.01. The smallest absolute Gasteiger partial charge is 0.145 e. The molecule has 2 nitrogen and oxygen atoms in total. The van der Waals surface area contributed by atoms with Crippen LogP contribution in [-0.4, -0.2) is 4.37 Å². The third-order valence-corrected chi connectivity index (χ3v) is 2.64. The average molecular weight is 256 g/mol. The second-order valence-corrected chi connectivity index (χ2v) is 3.71. The summed E-state index contributed by atoms with van der Waals surface area (Å²) in [5.74, 6) is 0.843. The van der Waals surface area contributed by atoms with E-state index in [4.69, 9.17) is 4.74 Å². The van der Waals surface area contributed by atoms with Crippen molar-refractivity contribution in [1.82, 2.24) is 4.37 Å². The molecule has 13 heavy (non-hydrogen) atoms. The molecule has 0 saturated carbocycles. The predicted octanol–water partition coefficient (Wildman–Crippen LogP) is 3.54. The SMILES string of the molecule is Br/C=C/Oc1cccc2cnsc12. The van der Waals surface area contributed by atoms with Crippen LogP contribution >= 0.6 is 27.5 Å². The Morgan fingerprint density at radius 2 is 2.38 bits per heavy atom. The molecule has 2 aromatic rings. The lowest BCUT2D eigenvalue weighted by Gasteiger charge is -1.99. The van der Waals surface area contributed by atoms with Gasteiger partial charge in [-0.2, -0.15) is 4.37 Å². The van der Waals surface area contributed by atoms with Gasteiger partial charge in [-0.1, -0.05) is 28.1 Å². The van der Waals surface area contributed by atoms with Crippen LogP contribution in [0.5, 0.6) is 5.75 Å². The first-order valence-electron chi connectivity index (χ1n) is 3.67. The molecule has 1 aromatic heterocycles. The van der Waals surface area contributed by atoms with Crippen molar-refractivity contribution in [1.29, 1.82) is 0 Å². The van der Waals surface area contributed by atoms with Crippen molar-refractivity contribution in [3.8, 4) is 5.75 Å². The Hall–Kier alpha value is -0.870. The van der Waals surface area contributed by atoms with Crippen LogP contribution < -0.4 is 4.74 Å². The van der Waals surface area contributed by atoms with Gasteiger partial charge in [-0.25, -0.2) is 0 Å². The van der Waals surface area contributed by atoms with Crippen molar-refractivity contribution < 1.29 is 4.74 Å². The minimum Gasteiger partial charge on any atom is -0.463 e. The fraction of sp³-hybridized carbons (Fsp3) is 0. The molecule has 0 aliphatic heterocycles. The number of benzene rings is 1. The van der Waals surface area contributed by atoms with Gasteiger partial charge in [0.15, 0.2) is 0 Å². The van der Waals surface area contributed by atoms with Crippen LogP contribution in [0.25, 0.3) is 10.1 Å². The van der Waals surface area contributed by atoms with Crippen molar-refractivity contribution in [2.75, 3.05) is 0 Å². The van der Waals surface area contributed by atoms with E-state index in [9.17, 15) is 0 Å². The highest BCUT2D eigenvalue weighted by molar-refractivity contribution is 9.11. The summed E-state index contributed by atoms with van der Waals surface area (Å²) in [4.78, 5) is 1.67. The summed E-state index contributed by atoms with van der Waals surface area (Å²) in [6, 6.07) is 5.89. The molecule has 4 heteroatoms. The summed E-state index contributed by atoms with van der Waals surface area (Å²) in [6.45, 7) is 0. The van der Waals surface area contributed by atoms with Gasteiger partial charge in [-0.3, -0.25) is 0 Å². The molecule has 0 N–H and O–H groups in total. The van der Waals surface area contributed by atoms with Crippen LogP contribution in [0, 0.1) is 0 Å². The van der Waals surface area contributed by atoms with Crippen LogP contribution in [0.1, 0.15) is 0 Å². The van der Waals surface area contributed by atoms with Gasteiger partial charge in [0.05, 0.1) is 11.0 Å². The Labute approximate surface area is 88.1 Å². The Bertz CT molecular complexity index is 438. The molecule has 66 valence electrons. The van der Waals surface area contributed by atoms with Gasteiger partial charge in [0, 0.05) is 16.6 Å². The molecule has 0 fully saturated rings. The highest BCUT2D eigenvalue weighted by atomic mass is 79.9. The molecule has 0 aliphatic rings. The van der Waals surface area contributed by atoms with E-state index >= 15 is 0 Å². The van der Waals surface area contributed by atoms with E-state index in [0.717, 1.165) is 15.8 Å². The topological polar surface area (TPSA) is 22.1 Å². The molecule has 0 saturated heterocycles. The van der Waals surface area contributed by atoms with Gasteiger partial charge in [0.1, 0.15) is 5.75 Å². The number of hydrogen-bond acceptors (Lipinski definition) is 3. The van der Waals surface area contributed by atoms with Gasteiger partial charge >= 0.3 is 0 Å². The summed E-state index contributed by atoms with van der Waals surface area (Å²) in [6.07, 6.45) is 3.43. The fourth-order valence-electron chi connectivity index (χ4n) is 1.06.